The number of hydrogen-bond donors (Lipinski definition) is 1. The van der Waals surface area contributed by atoms with Crippen LogP contribution in [0.25, 0.3) is 0 Å². The summed E-state index contributed by atoms with van der Waals surface area (Å²) >= 11 is 0. The molecular formula is C26H39NO10. The molecule has 1 aromatic carbocycles. The molecule has 0 aliphatic rings. The lowest BCUT2D eigenvalue weighted by Gasteiger charge is -2.22. The zero-order valence-corrected chi connectivity index (χ0v) is 23.0. The van der Waals surface area contributed by atoms with Crippen LogP contribution < -0.4 is 15.2 Å². The second kappa shape index (κ2) is 13.3. The molecule has 208 valence electrons. The van der Waals surface area contributed by atoms with Gasteiger partial charge in [0.05, 0.1) is 0 Å². The number of nitrogens with two attached hydrogens (primary N) is 1. The minimum absolute atomic E-state index is 0.00603. The Labute approximate surface area is 217 Å². The van der Waals surface area contributed by atoms with Crippen molar-refractivity contribution in [1.29, 1.82) is 0 Å². The van der Waals surface area contributed by atoms with E-state index in [-0.39, 0.29) is 24.3 Å². The fourth-order valence-corrected chi connectivity index (χ4v) is 2.65. The van der Waals surface area contributed by atoms with E-state index in [2.05, 4.69) is 0 Å². The quantitative estimate of drug-likeness (QED) is 0.276. The average Bonchev–Trinajstić information content (AvgIpc) is 2.72. The summed E-state index contributed by atoms with van der Waals surface area (Å²) in [5, 5.41) is 0. The first-order chi connectivity index (χ1) is 16.9. The van der Waals surface area contributed by atoms with Crippen molar-refractivity contribution in [3.8, 4) is 11.5 Å². The van der Waals surface area contributed by atoms with Crippen LogP contribution in [0.1, 0.15) is 74.3 Å². The molecule has 0 aromatic heterocycles. The third-order valence-electron chi connectivity index (χ3n) is 4.50. The van der Waals surface area contributed by atoms with Crippen molar-refractivity contribution in [3.63, 3.8) is 0 Å². The van der Waals surface area contributed by atoms with Crippen LogP contribution in [-0.2, 0) is 35.0 Å². The van der Waals surface area contributed by atoms with Crippen molar-refractivity contribution in [1.82, 2.24) is 0 Å². The van der Waals surface area contributed by atoms with Crippen LogP contribution >= 0.6 is 0 Å². The van der Waals surface area contributed by atoms with E-state index >= 15 is 0 Å². The van der Waals surface area contributed by atoms with E-state index in [1.807, 2.05) is 0 Å². The Kier molecular flexibility index (Phi) is 11.4. The molecule has 3 atom stereocenters. The van der Waals surface area contributed by atoms with Crippen molar-refractivity contribution in [3.05, 3.63) is 23.8 Å². The Morgan fingerprint density at radius 2 is 1.30 bits per heavy atom. The van der Waals surface area contributed by atoms with Gasteiger partial charge in [0.15, 0.2) is 11.5 Å². The number of esters is 2. The lowest BCUT2D eigenvalue weighted by atomic mass is 10.1. The second-order valence-electron chi connectivity index (χ2n) is 10.4. The summed E-state index contributed by atoms with van der Waals surface area (Å²) in [5.41, 5.74) is 4.88. The number of hydrogen-bond acceptors (Lipinski definition) is 11. The van der Waals surface area contributed by atoms with Gasteiger partial charge in [0, 0.05) is 6.42 Å². The van der Waals surface area contributed by atoms with E-state index in [0.29, 0.717) is 5.56 Å². The summed E-state index contributed by atoms with van der Waals surface area (Å²) in [6.45, 7) is 14.9. The summed E-state index contributed by atoms with van der Waals surface area (Å²) in [6, 6.07) is 3.24. The maximum absolute atomic E-state index is 12.5. The predicted molar refractivity (Wildman–Crippen MR) is 133 cm³/mol. The summed E-state index contributed by atoms with van der Waals surface area (Å²) < 4.78 is 31.3. The topological polar surface area (TPSA) is 150 Å². The molecule has 1 rings (SSSR count). The van der Waals surface area contributed by atoms with Crippen LogP contribution in [0.4, 0.5) is 9.59 Å². The summed E-state index contributed by atoms with van der Waals surface area (Å²) in [6.07, 6.45) is -3.18. The molecule has 0 fully saturated rings. The molecule has 37 heavy (non-hydrogen) atoms. The van der Waals surface area contributed by atoms with Crippen molar-refractivity contribution >= 4 is 24.2 Å². The van der Waals surface area contributed by atoms with Crippen molar-refractivity contribution in [2.24, 2.45) is 5.73 Å². The van der Waals surface area contributed by atoms with Crippen LogP contribution in [0, 0.1) is 0 Å². The fourth-order valence-electron chi connectivity index (χ4n) is 2.65. The summed E-state index contributed by atoms with van der Waals surface area (Å²) in [4.78, 5) is 48.4. The third-order valence-corrected chi connectivity index (χ3v) is 4.50. The lowest BCUT2D eigenvalue weighted by molar-refractivity contribution is -0.166. The Morgan fingerprint density at radius 1 is 0.811 bits per heavy atom. The first kappa shape index (κ1) is 31.7. The first-order valence-electron chi connectivity index (χ1n) is 12.0. The molecule has 2 N–H and O–H groups in total. The minimum atomic E-state index is -1.08. The highest BCUT2D eigenvalue weighted by atomic mass is 16.8. The van der Waals surface area contributed by atoms with Gasteiger partial charge < -0.3 is 34.2 Å². The highest BCUT2D eigenvalue weighted by Gasteiger charge is 2.26. The molecule has 11 nitrogen and oxygen atoms in total. The molecule has 0 spiro atoms. The van der Waals surface area contributed by atoms with Gasteiger partial charge in [0.1, 0.15) is 29.5 Å². The molecule has 0 amide bonds. The maximum atomic E-state index is 12.5. The first-order valence-corrected chi connectivity index (χ1v) is 12.0. The molecule has 0 saturated heterocycles. The minimum Gasteiger partial charge on any atom is -0.459 e. The Balaban J connectivity index is 3.02. The molecule has 0 unspecified atom stereocenters. The van der Waals surface area contributed by atoms with E-state index in [9.17, 15) is 19.2 Å². The Morgan fingerprint density at radius 3 is 1.78 bits per heavy atom. The highest BCUT2D eigenvalue weighted by Crippen LogP contribution is 2.31. The van der Waals surface area contributed by atoms with Gasteiger partial charge >= 0.3 is 24.2 Å². The molecule has 0 bridgehead atoms. The maximum Gasteiger partial charge on any atom is 0.514 e. The molecule has 0 radical (unpaired) electrons. The van der Waals surface area contributed by atoms with Gasteiger partial charge in [0.2, 0.25) is 0 Å². The smallest absolute Gasteiger partial charge is 0.459 e. The fraction of sp³-hybridized carbons (Fsp3) is 0.615. The van der Waals surface area contributed by atoms with Gasteiger partial charge in [-0.3, -0.25) is 9.59 Å². The van der Waals surface area contributed by atoms with Gasteiger partial charge in [-0.15, -0.1) is 0 Å². The van der Waals surface area contributed by atoms with Crippen LogP contribution in [0.5, 0.6) is 11.5 Å². The molecule has 0 aliphatic carbocycles. The summed E-state index contributed by atoms with van der Waals surface area (Å²) in [7, 11) is 0. The third kappa shape index (κ3) is 12.4. The molecule has 0 saturated carbocycles. The normalized spacial score (nSPS) is 14.0. The molecule has 0 aliphatic heterocycles. The molecule has 1 aromatic rings. The van der Waals surface area contributed by atoms with Crippen LogP contribution in [0.15, 0.2) is 18.2 Å². The molecule has 0 heterocycles. The zero-order chi connectivity index (χ0) is 28.6. The van der Waals surface area contributed by atoms with Crippen molar-refractivity contribution in [2.75, 3.05) is 0 Å². The van der Waals surface area contributed by atoms with Gasteiger partial charge in [-0.2, -0.15) is 0 Å². The van der Waals surface area contributed by atoms with Gasteiger partial charge in [-0.25, -0.2) is 9.59 Å². The lowest BCUT2D eigenvalue weighted by Crippen LogP contribution is -2.39. The highest BCUT2D eigenvalue weighted by molar-refractivity contribution is 5.76. The standard InChI is InChI=1S/C26H39NO10/c1-10-21(28)32-15(2)16(3)33-22(29)18(27)13-17-11-12-19(34-23(30)36-25(4,5)6)20(14-17)35-24(31)37-26(7,8)9/h11-12,14-16,18H,10,13,27H2,1-9H3/t15-,16-,18-/m0/s1. The van der Waals surface area contributed by atoms with Crippen LogP contribution in [-0.4, -0.2) is 53.7 Å². The van der Waals surface area contributed by atoms with E-state index in [0.717, 1.165) is 0 Å². The van der Waals surface area contributed by atoms with Crippen molar-refractivity contribution < 1.29 is 47.6 Å². The average molecular weight is 526 g/mol. The number of ether oxygens (including phenoxy) is 6. The Hall–Kier alpha value is -3.34. The molecular weight excluding hydrogens is 486 g/mol. The number of carbonyl (C=O) groups is 4. The molecule has 11 heteroatoms. The predicted octanol–water partition coefficient (Wildman–Crippen LogP) is 4.46. The largest absolute Gasteiger partial charge is 0.514 e. The van der Waals surface area contributed by atoms with Crippen LogP contribution in [0.2, 0.25) is 0 Å². The number of rotatable bonds is 9. The summed E-state index contributed by atoms with van der Waals surface area (Å²) in [5.74, 6) is -1.35. The van der Waals surface area contributed by atoms with Gasteiger partial charge in [0.25, 0.3) is 0 Å². The number of carbonyl (C=O) groups excluding carboxylic acids is 4. The van der Waals surface area contributed by atoms with E-state index in [1.54, 1.807) is 68.4 Å². The van der Waals surface area contributed by atoms with E-state index in [1.165, 1.54) is 12.1 Å². The van der Waals surface area contributed by atoms with E-state index < -0.39 is 53.7 Å². The van der Waals surface area contributed by atoms with Crippen molar-refractivity contribution in [2.45, 2.75) is 105 Å². The second-order valence-corrected chi connectivity index (χ2v) is 10.4. The van der Waals surface area contributed by atoms with Crippen LogP contribution in [0.3, 0.4) is 0 Å². The monoisotopic (exact) mass is 525 g/mol. The van der Waals surface area contributed by atoms with Gasteiger partial charge in [-0.05, 0) is 79.5 Å². The zero-order valence-electron chi connectivity index (χ0n) is 23.0. The van der Waals surface area contributed by atoms with Gasteiger partial charge in [-0.1, -0.05) is 13.0 Å². The Bertz CT molecular complexity index is 961. The number of benzene rings is 1. The SMILES string of the molecule is CCC(=O)O[C@@H](C)[C@H](C)OC(=O)[C@@H](N)Cc1ccc(OC(=O)OC(C)(C)C)c(OC(=O)OC(C)(C)C)c1. The van der Waals surface area contributed by atoms with E-state index in [4.69, 9.17) is 34.2 Å².